The van der Waals surface area contributed by atoms with Crippen molar-refractivity contribution >= 4 is 23.5 Å². The van der Waals surface area contributed by atoms with Gasteiger partial charge in [0.15, 0.2) is 6.61 Å². The van der Waals surface area contributed by atoms with Crippen molar-refractivity contribution in [2.45, 2.75) is 6.92 Å². The molecule has 0 aliphatic heterocycles. The minimum Gasteiger partial charge on any atom is -0.463 e. The van der Waals surface area contributed by atoms with Gasteiger partial charge in [-0.3, -0.25) is 4.79 Å². The average Bonchev–Trinajstić information content (AvgIpc) is 2.01. The van der Waals surface area contributed by atoms with E-state index in [0.29, 0.717) is 0 Å². The Hall–Kier alpha value is -0.770. The van der Waals surface area contributed by atoms with E-state index in [4.69, 9.17) is 11.6 Å². The molecule has 0 fully saturated rings. The minimum absolute atomic E-state index is 0.251. The van der Waals surface area contributed by atoms with Gasteiger partial charge in [0.1, 0.15) is 5.88 Å². The first kappa shape index (κ1) is 10.2. The molecule has 0 spiro atoms. The Morgan fingerprint density at radius 3 is 2.36 bits per heavy atom. The third-order valence-corrected chi connectivity index (χ3v) is 0.984. The van der Waals surface area contributed by atoms with E-state index < -0.39 is 11.9 Å². The molecule has 0 saturated carbocycles. The molecule has 64 valence electrons. The minimum atomic E-state index is -0.625. The zero-order chi connectivity index (χ0) is 8.69. The lowest BCUT2D eigenvalue weighted by Crippen LogP contribution is -2.16. The molecule has 0 aliphatic rings. The summed E-state index contributed by atoms with van der Waals surface area (Å²) in [5.41, 5.74) is 0. The lowest BCUT2D eigenvalue weighted by atomic mass is 10.7. The van der Waals surface area contributed by atoms with Crippen LogP contribution in [-0.4, -0.2) is 31.0 Å². The molecule has 4 nitrogen and oxygen atoms in total. The van der Waals surface area contributed by atoms with Gasteiger partial charge in [-0.15, -0.1) is 11.6 Å². The molecule has 0 radical (unpaired) electrons. The molecule has 0 atom stereocenters. The highest BCUT2D eigenvalue weighted by atomic mass is 35.5. The molecule has 5 heteroatoms. The fourth-order valence-electron chi connectivity index (χ4n) is 0.381. The van der Waals surface area contributed by atoms with E-state index in [0.717, 1.165) is 0 Å². The maximum atomic E-state index is 10.5. The predicted molar refractivity (Wildman–Crippen MR) is 38.3 cm³/mol. The van der Waals surface area contributed by atoms with Crippen LogP contribution in [0.1, 0.15) is 6.92 Å². The van der Waals surface area contributed by atoms with Gasteiger partial charge in [0.25, 0.3) is 0 Å². The van der Waals surface area contributed by atoms with Crippen molar-refractivity contribution in [3.8, 4) is 0 Å². The van der Waals surface area contributed by atoms with Crippen LogP contribution in [0.25, 0.3) is 0 Å². The number of carbonyl (C=O) groups excluding carboxylic acids is 2. The van der Waals surface area contributed by atoms with Crippen molar-refractivity contribution in [1.29, 1.82) is 0 Å². The maximum absolute atomic E-state index is 10.5. The number of alkyl halides is 1. The second-order valence-corrected chi connectivity index (χ2v) is 1.87. The van der Waals surface area contributed by atoms with Crippen LogP contribution in [-0.2, 0) is 19.1 Å². The third kappa shape index (κ3) is 5.66. The van der Waals surface area contributed by atoms with Crippen LogP contribution in [0.4, 0.5) is 0 Å². The van der Waals surface area contributed by atoms with Crippen LogP contribution in [0, 0.1) is 0 Å². The second kappa shape index (κ2) is 5.97. The van der Waals surface area contributed by atoms with E-state index in [1.807, 2.05) is 0 Å². The predicted octanol–water partition coefficient (Wildman–Crippen LogP) is 0.331. The molecule has 0 N–H and O–H groups in total. The smallest absolute Gasteiger partial charge is 0.344 e. The van der Waals surface area contributed by atoms with Crippen LogP contribution >= 0.6 is 11.6 Å². The summed E-state index contributed by atoms with van der Waals surface area (Å²) in [6.45, 7) is 1.58. The Bertz CT molecular complexity index is 146. The van der Waals surface area contributed by atoms with Gasteiger partial charge in [-0.1, -0.05) is 0 Å². The Morgan fingerprint density at radius 2 is 1.91 bits per heavy atom. The molecule has 0 unspecified atom stereocenters. The number of halogens is 1. The first-order valence-electron chi connectivity index (χ1n) is 3.08. The van der Waals surface area contributed by atoms with E-state index in [-0.39, 0.29) is 19.1 Å². The average molecular weight is 181 g/mol. The van der Waals surface area contributed by atoms with Crippen molar-refractivity contribution in [3.63, 3.8) is 0 Å². The van der Waals surface area contributed by atoms with Gasteiger partial charge in [0.2, 0.25) is 0 Å². The molecule has 0 heterocycles. The van der Waals surface area contributed by atoms with Crippen molar-refractivity contribution in [1.82, 2.24) is 0 Å². The Kier molecular flexibility index (Phi) is 5.56. The van der Waals surface area contributed by atoms with Crippen molar-refractivity contribution in [2.75, 3.05) is 19.1 Å². The Balaban J connectivity index is 3.38. The van der Waals surface area contributed by atoms with E-state index in [1.54, 1.807) is 6.92 Å². The van der Waals surface area contributed by atoms with Gasteiger partial charge in [-0.05, 0) is 6.92 Å². The summed E-state index contributed by atoms with van der Waals surface area (Å²) in [4.78, 5) is 20.9. The number of esters is 2. The zero-order valence-electron chi connectivity index (χ0n) is 6.13. The third-order valence-electron chi connectivity index (χ3n) is 0.765. The van der Waals surface area contributed by atoms with Crippen molar-refractivity contribution < 1.29 is 19.1 Å². The first-order valence-corrected chi connectivity index (χ1v) is 3.61. The molecule has 11 heavy (non-hydrogen) atoms. The van der Waals surface area contributed by atoms with Crippen molar-refractivity contribution in [2.24, 2.45) is 0 Å². The number of ether oxygens (including phenoxy) is 2. The summed E-state index contributed by atoms with van der Waals surface area (Å²) < 4.78 is 8.84. The molecule has 0 aromatic carbocycles. The lowest BCUT2D eigenvalue weighted by Gasteiger charge is -2.01. The van der Waals surface area contributed by atoms with Crippen LogP contribution in [0.3, 0.4) is 0 Å². The molecule has 0 amide bonds. The first-order chi connectivity index (χ1) is 5.20. The number of rotatable bonds is 4. The highest BCUT2D eigenvalue weighted by Crippen LogP contribution is 1.85. The summed E-state index contributed by atoms with van der Waals surface area (Å²) in [5.74, 6) is -1.44. The van der Waals surface area contributed by atoms with Crippen molar-refractivity contribution in [3.05, 3.63) is 0 Å². The Morgan fingerprint density at radius 1 is 1.27 bits per heavy atom. The van der Waals surface area contributed by atoms with Gasteiger partial charge in [-0.25, -0.2) is 4.79 Å². The van der Waals surface area contributed by atoms with Crippen LogP contribution in [0.15, 0.2) is 0 Å². The van der Waals surface area contributed by atoms with E-state index in [9.17, 15) is 9.59 Å². The maximum Gasteiger partial charge on any atom is 0.344 e. The largest absolute Gasteiger partial charge is 0.463 e. The van der Waals surface area contributed by atoms with Gasteiger partial charge in [-0.2, -0.15) is 0 Å². The summed E-state index contributed by atoms with van der Waals surface area (Å²) in [6, 6.07) is 0. The van der Waals surface area contributed by atoms with Crippen LogP contribution < -0.4 is 0 Å². The highest BCUT2D eigenvalue weighted by Gasteiger charge is 2.05. The zero-order valence-corrected chi connectivity index (χ0v) is 6.89. The lowest BCUT2D eigenvalue weighted by molar-refractivity contribution is -0.157. The number of hydrogen-bond donors (Lipinski definition) is 0. The summed E-state index contributed by atoms with van der Waals surface area (Å²) in [6.07, 6.45) is 0. The summed E-state index contributed by atoms with van der Waals surface area (Å²) in [7, 11) is 0. The van der Waals surface area contributed by atoms with E-state index in [2.05, 4.69) is 9.47 Å². The normalized spacial score (nSPS) is 8.91. The number of carbonyl (C=O) groups is 2. The van der Waals surface area contributed by atoms with Gasteiger partial charge >= 0.3 is 11.9 Å². The molecule has 0 saturated heterocycles. The van der Waals surface area contributed by atoms with E-state index in [1.165, 1.54) is 0 Å². The molecule has 0 aromatic rings. The molecule has 0 aromatic heterocycles. The van der Waals surface area contributed by atoms with E-state index >= 15 is 0 Å². The fraction of sp³-hybridized carbons (Fsp3) is 0.667. The SMILES string of the molecule is CCOC(=O)COC(=O)CCl. The van der Waals surface area contributed by atoms with Gasteiger partial charge < -0.3 is 9.47 Å². The quantitative estimate of drug-likeness (QED) is 0.462. The summed E-state index contributed by atoms with van der Waals surface area (Å²) in [5, 5.41) is 0. The number of hydrogen-bond acceptors (Lipinski definition) is 4. The highest BCUT2D eigenvalue weighted by molar-refractivity contribution is 6.26. The second-order valence-electron chi connectivity index (χ2n) is 1.60. The van der Waals surface area contributed by atoms with Gasteiger partial charge in [0, 0.05) is 0 Å². The monoisotopic (exact) mass is 180 g/mol. The topological polar surface area (TPSA) is 52.6 Å². The molecule has 0 aliphatic carbocycles. The Labute approximate surface area is 69.4 Å². The van der Waals surface area contributed by atoms with Gasteiger partial charge in [0.05, 0.1) is 6.61 Å². The van der Waals surface area contributed by atoms with Crippen LogP contribution in [0.5, 0.6) is 0 Å². The molecule has 0 bridgehead atoms. The fourth-order valence-corrected chi connectivity index (χ4v) is 0.458. The molecule has 0 rings (SSSR count). The standard InChI is InChI=1S/C6H9ClO4/c1-2-10-6(9)4-11-5(8)3-7/h2-4H2,1H3. The molecular formula is C6H9ClO4. The molecular weight excluding hydrogens is 172 g/mol. The summed E-state index contributed by atoms with van der Waals surface area (Å²) >= 11 is 5.09. The van der Waals surface area contributed by atoms with Crippen LogP contribution in [0.2, 0.25) is 0 Å².